The molecule has 10 heavy (non-hydrogen) atoms. The Morgan fingerprint density at radius 1 is 1.70 bits per heavy atom. The molecule has 1 atom stereocenters. The maximum Gasteiger partial charge on any atom is 0.329 e. The highest BCUT2D eigenvalue weighted by molar-refractivity contribution is 5.68. The molecule has 0 radical (unpaired) electrons. The monoisotopic (exact) mass is 148 g/mol. The maximum atomic E-state index is 9.90. The van der Waals surface area contributed by atoms with Gasteiger partial charge in [-0.2, -0.15) is 0 Å². The molecule has 0 aromatic rings. The summed E-state index contributed by atoms with van der Waals surface area (Å²) in [7, 11) is 0. The predicted octanol–water partition coefficient (Wildman–Crippen LogP) is -1.28. The summed E-state index contributed by atoms with van der Waals surface area (Å²) in [6, 6.07) is 0. The second kappa shape index (κ2) is 5.16. The first-order valence-electron chi connectivity index (χ1n) is 2.96. The van der Waals surface area contributed by atoms with Gasteiger partial charge in [0.15, 0.2) is 0 Å². The van der Waals surface area contributed by atoms with E-state index in [0.717, 1.165) is 0 Å². The summed E-state index contributed by atoms with van der Waals surface area (Å²) < 4.78 is 4.64. The Hall–Kier alpha value is -0.650. The summed E-state index contributed by atoms with van der Waals surface area (Å²) in [6.07, 6.45) is -0.0751. The highest BCUT2D eigenvalue weighted by Crippen LogP contribution is 1.87. The zero-order chi connectivity index (χ0) is 7.98. The van der Waals surface area contributed by atoms with Gasteiger partial charge in [-0.3, -0.25) is 0 Å². The Labute approximate surface area is 58.9 Å². The van der Waals surface area contributed by atoms with Crippen molar-refractivity contribution in [3.63, 3.8) is 0 Å². The second-order valence-electron chi connectivity index (χ2n) is 1.82. The van der Waals surface area contributed by atoms with E-state index in [1.807, 2.05) is 0 Å². The summed E-state index contributed by atoms with van der Waals surface area (Å²) in [5.74, 6) is -1.02. The molecule has 60 valence electrons. The largest absolute Gasteiger partial charge is 0.480 e. The third-order valence-electron chi connectivity index (χ3n) is 0.872. The zero-order valence-electron chi connectivity index (χ0n) is 5.62. The molecule has 0 aliphatic rings. The second-order valence-corrected chi connectivity index (χ2v) is 1.82. The van der Waals surface area contributed by atoms with Crippen molar-refractivity contribution >= 4 is 5.97 Å². The van der Waals surface area contributed by atoms with E-state index in [4.69, 9.17) is 16.6 Å². The quantitative estimate of drug-likeness (QED) is 0.422. The fourth-order valence-electron chi connectivity index (χ4n) is 0.426. The molecule has 0 rings (SSSR count). The summed E-state index contributed by atoms with van der Waals surface area (Å²) in [5.41, 5.74) is 10.4. The van der Waals surface area contributed by atoms with Gasteiger partial charge < -0.3 is 21.3 Å². The average Bonchev–Trinajstić information content (AvgIpc) is 1.85. The van der Waals surface area contributed by atoms with E-state index in [1.54, 1.807) is 0 Å². The smallest absolute Gasteiger partial charge is 0.329 e. The minimum Gasteiger partial charge on any atom is -0.480 e. The topological polar surface area (TPSA) is 98.6 Å². The van der Waals surface area contributed by atoms with Gasteiger partial charge in [0.05, 0.1) is 0 Å². The number of rotatable bonds is 5. The Balaban J connectivity index is 3.21. The third kappa shape index (κ3) is 5.49. The zero-order valence-corrected chi connectivity index (χ0v) is 5.62. The van der Waals surface area contributed by atoms with Gasteiger partial charge in [0.25, 0.3) is 0 Å². The molecule has 0 fully saturated rings. The van der Waals surface area contributed by atoms with Crippen LogP contribution >= 0.6 is 0 Å². The first-order chi connectivity index (χ1) is 4.66. The lowest BCUT2D eigenvalue weighted by Crippen LogP contribution is -2.29. The highest BCUT2D eigenvalue weighted by Gasteiger charge is 2.02. The summed E-state index contributed by atoms with van der Waals surface area (Å²) in [4.78, 5) is 9.90. The van der Waals surface area contributed by atoms with Gasteiger partial charge in [-0.1, -0.05) is 0 Å². The summed E-state index contributed by atoms with van der Waals surface area (Å²) in [5, 5.41) is 8.12. The lowest BCUT2D eigenvalue weighted by atomic mass is 10.4. The lowest BCUT2D eigenvalue weighted by Gasteiger charge is -2.08. The fourth-order valence-corrected chi connectivity index (χ4v) is 0.426. The summed E-state index contributed by atoms with van der Waals surface area (Å²) >= 11 is 0. The van der Waals surface area contributed by atoms with Gasteiger partial charge >= 0.3 is 5.97 Å². The number of aliphatic carboxylic acids is 1. The van der Waals surface area contributed by atoms with E-state index < -0.39 is 12.2 Å². The number of carboxylic acid groups (broad SMARTS) is 1. The number of nitrogens with two attached hydrogens (primary N) is 2. The van der Waals surface area contributed by atoms with Crippen molar-refractivity contribution in [1.29, 1.82) is 0 Å². The first kappa shape index (κ1) is 9.35. The fraction of sp³-hybridized carbons (Fsp3) is 0.800. The molecule has 1 unspecified atom stereocenters. The molecule has 0 saturated carbocycles. The van der Waals surface area contributed by atoms with Gasteiger partial charge in [-0.15, -0.1) is 0 Å². The summed E-state index contributed by atoms with van der Waals surface area (Å²) in [6.45, 7) is 0.0436. The Morgan fingerprint density at radius 3 is 2.70 bits per heavy atom. The van der Waals surface area contributed by atoms with Gasteiger partial charge in [-0.25, -0.2) is 4.79 Å². The molecule has 0 aliphatic carbocycles. The van der Waals surface area contributed by atoms with E-state index >= 15 is 0 Å². The van der Waals surface area contributed by atoms with Crippen LogP contribution in [0.15, 0.2) is 0 Å². The van der Waals surface area contributed by atoms with Crippen LogP contribution in [0.4, 0.5) is 0 Å². The minimum absolute atomic E-state index is 0.360. The van der Waals surface area contributed by atoms with E-state index in [-0.39, 0.29) is 6.61 Å². The number of hydrogen-bond donors (Lipinski definition) is 3. The number of ether oxygens (including phenoxy) is 1. The minimum atomic E-state index is -1.02. The molecule has 0 aromatic heterocycles. The van der Waals surface area contributed by atoms with Gasteiger partial charge in [0.2, 0.25) is 0 Å². The Kier molecular flexibility index (Phi) is 4.82. The van der Waals surface area contributed by atoms with E-state index in [0.29, 0.717) is 13.0 Å². The van der Waals surface area contributed by atoms with Crippen LogP contribution in [-0.2, 0) is 9.53 Å². The van der Waals surface area contributed by atoms with Crippen molar-refractivity contribution in [3.8, 4) is 0 Å². The van der Waals surface area contributed by atoms with Crippen LogP contribution in [0.2, 0.25) is 0 Å². The van der Waals surface area contributed by atoms with Crippen LogP contribution in [0.25, 0.3) is 0 Å². The van der Waals surface area contributed by atoms with Gasteiger partial charge in [0, 0.05) is 0 Å². The van der Waals surface area contributed by atoms with Crippen molar-refractivity contribution < 1.29 is 14.6 Å². The molecular weight excluding hydrogens is 136 g/mol. The Morgan fingerprint density at radius 2 is 2.30 bits per heavy atom. The predicted molar refractivity (Wildman–Crippen MR) is 35.2 cm³/mol. The third-order valence-corrected chi connectivity index (χ3v) is 0.872. The van der Waals surface area contributed by atoms with Crippen molar-refractivity contribution in [2.45, 2.75) is 12.6 Å². The van der Waals surface area contributed by atoms with Crippen molar-refractivity contribution in [2.75, 3.05) is 13.2 Å². The highest BCUT2D eigenvalue weighted by atomic mass is 16.5. The molecule has 5 nitrogen and oxygen atoms in total. The van der Waals surface area contributed by atoms with E-state index in [9.17, 15) is 4.79 Å². The number of carboxylic acids is 1. The molecule has 0 aliphatic heterocycles. The molecule has 0 bridgehead atoms. The normalized spacial score (nSPS) is 13.0. The molecular formula is C5H12N2O3. The van der Waals surface area contributed by atoms with Gasteiger partial charge in [-0.05, 0) is 13.0 Å². The molecule has 0 amide bonds. The van der Waals surface area contributed by atoms with Gasteiger partial charge in [0.1, 0.15) is 12.8 Å². The SMILES string of the molecule is NCCC(N)OCC(=O)O. The number of hydrogen-bond acceptors (Lipinski definition) is 4. The van der Waals surface area contributed by atoms with Crippen LogP contribution < -0.4 is 11.5 Å². The molecule has 0 spiro atoms. The molecule has 0 aromatic carbocycles. The Bertz CT molecular complexity index is 107. The lowest BCUT2D eigenvalue weighted by molar-refractivity contribution is -0.144. The molecule has 5 N–H and O–H groups in total. The van der Waals surface area contributed by atoms with E-state index in [2.05, 4.69) is 4.74 Å². The van der Waals surface area contributed by atoms with Crippen molar-refractivity contribution in [2.24, 2.45) is 11.5 Å². The van der Waals surface area contributed by atoms with Crippen LogP contribution in [0, 0.1) is 0 Å². The average molecular weight is 148 g/mol. The molecule has 0 saturated heterocycles. The maximum absolute atomic E-state index is 9.90. The van der Waals surface area contributed by atoms with Crippen LogP contribution in [0.5, 0.6) is 0 Å². The number of carbonyl (C=O) groups is 1. The molecule has 0 heterocycles. The molecule has 5 heteroatoms. The van der Waals surface area contributed by atoms with Crippen LogP contribution in [-0.4, -0.2) is 30.5 Å². The first-order valence-corrected chi connectivity index (χ1v) is 2.96. The van der Waals surface area contributed by atoms with Crippen molar-refractivity contribution in [1.82, 2.24) is 0 Å². The van der Waals surface area contributed by atoms with E-state index in [1.165, 1.54) is 0 Å². The van der Waals surface area contributed by atoms with Crippen molar-refractivity contribution in [3.05, 3.63) is 0 Å². The standard InChI is InChI=1S/C5H12N2O3/c6-2-1-4(7)10-3-5(8)9/h4H,1-3,6-7H2,(H,8,9). The van der Waals surface area contributed by atoms with Crippen LogP contribution in [0.1, 0.15) is 6.42 Å². The van der Waals surface area contributed by atoms with Crippen LogP contribution in [0.3, 0.4) is 0 Å².